The van der Waals surface area contributed by atoms with E-state index < -0.39 is 53.6 Å². The summed E-state index contributed by atoms with van der Waals surface area (Å²) in [5.74, 6) is -4.72. The lowest BCUT2D eigenvalue weighted by Gasteiger charge is -2.28. The highest BCUT2D eigenvalue weighted by Crippen LogP contribution is 2.19. The molecule has 7 amide bonds. The van der Waals surface area contributed by atoms with Crippen molar-refractivity contribution < 1.29 is 47.9 Å². The van der Waals surface area contributed by atoms with Crippen LogP contribution in [0.15, 0.2) is 127 Å². The van der Waals surface area contributed by atoms with Crippen LogP contribution in [-0.4, -0.2) is 108 Å². The largest absolute Gasteiger partial charge is 0.480 e. The summed E-state index contributed by atoms with van der Waals surface area (Å²) in [6, 6.07) is 30.4. The van der Waals surface area contributed by atoms with Gasteiger partial charge in [-0.15, -0.1) is 0 Å². The van der Waals surface area contributed by atoms with Crippen molar-refractivity contribution in [3.8, 4) is 0 Å². The smallest absolute Gasteiger partial charge is 0.326 e. The molecule has 0 radical (unpaired) electrons. The van der Waals surface area contributed by atoms with Crippen LogP contribution in [0.1, 0.15) is 47.9 Å². The van der Waals surface area contributed by atoms with E-state index in [2.05, 4.69) is 26.6 Å². The zero-order chi connectivity index (χ0) is 49.3. The second-order valence-corrected chi connectivity index (χ2v) is 15.7. The van der Waals surface area contributed by atoms with Crippen LogP contribution < -0.4 is 38.1 Å². The van der Waals surface area contributed by atoms with Crippen molar-refractivity contribution in [2.75, 3.05) is 26.2 Å². The summed E-state index contributed by atoms with van der Waals surface area (Å²) in [5.41, 5.74) is 13.6. The average molecular weight is 933 g/mol. The van der Waals surface area contributed by atoms with E-state index in [1.165, 1.54) is 47.4 Å². The summed E-state index contributed by atoms with van der Waals surface area (Å²) in [6.07, 6.45) is 9.25. The number of aliphatic carboxylic acids is 1. The van der Waals surface area contributed by atoms with Crippen molar-refractivity contribution in [2.24, 2.45) is 11.5 Å². The van der Waals surface area contributed by atoms with Crippen molar-refractivity contribution in [3.05, 3.63) is 155 Å². The standard InChI is InChI=1S/C25H28N4O4.C20H19FN2O4.C5H10N2O/c26-24(32)21-12-7-15-29(21)25(33)20(16-19-10-5-2-6-11-19)28-23(31)17-27-22(30)14-13-18-8-3-1-4-9-18;21-16-9-6-14(7-10-16)8-11-18(24)22-13-19(25)23-17(20(26)27)12-15-4-2-1-3-5-15;6-5(8)4-2-1-3-7-4/h1-6,8-11,13-14,20-21H,7,12,15-17H2,(H2,26,32)(H,27,30)(H,28,31);1-11,17H,12-13H2,(H,22,24)(H,23,25)(H,26,27);4,7H,1-3H2,(H2,6,8)/t20-,21-;17-;4-/m000/s1. The number of amides is 7. The lowest BCUT2D eigenvalue weighted by atomic mass is 10.0. The number of rotatable bonds is 18. The number of benzene rings is 4. The van der Waals surface area contributed by atoms with E-state index in [1.54, 1.807) is 30.3 Å². The Hall–Kier alpha value is -7.99. The number of carboxylic acids is 1. The quantitative estimate of drug-likeness (QED) is 0.0673. The number of carbonyl (C=O) groups excluding carboxylic acids is 7. The van der Waals surface area contributed by atoms with Crippen molar-refractivity contribution in [2.45, 2.75) is 62.7 Å². The highest BCUT2D eigenvalue weighted by Gasteiger charge is 2.36. The zero-order valence-corrected chi connectivity index (χ0v) is 37.4. The van der Waals surface area contributed by atoms with Gasteiger partial charge in [0.15, 0.2) is 0 Å². The molecule has 0 aliphatic carbocycles. The van der Waals surface area contributed by atoms with Gasteiger partial charge in [0.25, 0.3) is 0 Å². The van der Waals surface area contributed by atoms with E-state index in [9.17, 15) is 47.9 Å². The number of nitrogens with one attached hydrogen (secondary N) is 5. The fourth-order valence-electron chi connectivity index (χ4n) is 6.98. The Morgan fingerprint density at radius 3 is 1.59 bits per heavy atom. The van der Waals surface area contributed by atoms with Crippen LogP contribution >= 0.6 is 0 Å². The minimum Gasteiger partial charge on any atom is -0.480 e. The summed E-state index contributed by atoms with van der Waals surface area (Å²) in [6.45, 7) is 0.711. The highest BCUT2D eigenvalue weighted by molar-refractivity contribution is 5.96. The highest BCUT2D eigenvalue weighted by atomic mass is 19.1. The minimum absolute atomic E-state index is 0.0463. The first-order chi connectivity index (χ1) is 32.7. The number of halogens is 1. The third-order valence-electron chi connectivity index (χ3n) is 10.5. The number of nitrogens with zero attached hydrogens (tertiary/aromatic N) is 1. The first kappa shape index (κ1) is 52.6. The first-order valence-corrected chi connectivity index (χ1v) is 21.9. The van der Waals surface area contributed by atoms with Gasteiger partial charge in [-0.3, -0.25) is 33.6 Å². The molecule has 0 spiro atoms. The maximum atomic E-state index is 13.2. The van der Waals surface area contributed by atoms with Gasteiger partial charge in [0.1, 0.15) is 23.9 Å². The summed E-state index contributed by atoms with van der Waals surface area (Å²) < 4.78 is 12.8. The molecule has 2 aliphatic heterocycles. The minimum atomic E-state index is -1.16. The number of carboxylic acid groups (broad SMARTS) is 1. The molecule has 2 fully saturated rings. The van der Waals surface area contributed by atoms with Crippen LogP contribution in [0.4, 0.5) is 4.39 Å². The Morgan fingerprint density at radius 2 is 1.13 bits per heavy atom. The second-order valence-electron chi connectivity index (χ2n) is 15.7. The van der Waals surface area contributed by atoms with E-state index in [-0.39, 0.29) is 49.6 Å². The summed E-state index contributed by atoms with van der Waals surface area (Å²) in [4.78, 5) is 96.3. The van der Waals surface area contributed by atoms with Crippen LogP contribution in [0.2, 0.25) is 0 Å². The van der Waals surface area contributed by atoms with Crippen LogP contribution in [-0.2, 0) is 51.2 Å². The van der Waals surface area contributed by atoms with Crippen LogP contribution in [0, 0.1) is 5.82 Å². The van der Waals surface area contributed by atoms with E-state index >= 15 is 0 Å². The second kappa shape index (κ2) is 28.1. The Balaban J connectivity index is 0.000000258. The molecule has 10 N–H and O–H groups in total. The van der Waals surface area contributed by atoms with Gasteiger partial charge < -0.3 is 48.1 Å². The van der Waals surface area contributed by atoms with Crippen LogP contribution in [0.3, 0.4) is 0 Å². The van der Waals surface area contributed by atoms with Gasteiger partial charge in [0, 0.05) is 31.5 Å². The molecule has 18 heteroatoms. The number of hydrogen-bond donors (Lipinski definition) is 8. The lowest BCUT2D eigenvalue weighted by Crippen LogP contribution is -2.54. The maximum Gasteiger partial charge on any atom is 0.326 e. The molecule has 17 nitrogen and oxygen atoms in total. The number of nitrogens with two attached hydrogens (primary N) is 2. The molecule has 0 bridgehead atoms. The molecule has 358 valence electrons. The molecule has 6 rings (SSSR count). The van der Waals surface area contributed by atoms with E-state index in [0.717, 1.165) is 36.1 Å². The van der Waals surface area contributed by atoms with Crippen molar-refractivity contribution in [1.82, 2.24) is 31.5 Å². The molecule has 68 heavy (non-hydrogen) atoms. The zero-order valence-electron chi connectivity index (χ0n) is 37.4. The molecule has 4 atom stereocenters. The monoisotopic (exact) mass is 932 g/mol. The van der Waals surface area contributed by atoms with Crippen LogP contribution in [0.5, 0.6) is 0 Å². The number of likely N-dealkylation sites (tertiary alicyclic amines) is 1. The fraction of sp³-hybridized carbons (Fsp3) is 0.280. The number of hydrogen-bond acceptors (Lipinski definition) is 9. The van der Waals surface area contributed by atoms with Crippen LogP contribution in [0.25, 0.3) is 12.2 Å². The van der Waals surface area contributed by atoms with Gasteiger partial charge >= 0.3 is 5.97 Å². The summed E-state index contributed by atoms with van der Waals surface area (Å²) in [5, 5.41) is 22.2. The normalized spacial score (nSPS) is 15.9. The molecule has 4 aromatic carbocycles. The SMILES string of the molecule is NC(=O)[C@@H]1CCCN1.NC(=O)[C@@H]1CCCN1C(=O)[C@H](Cc1ccccc1)NC(=O)CNC(=O)C=Cc1ccccc1.O=C(C=Cc1ccc(F)cc1)NCC(=O)N[C@@H](Cc1ccccc1)C(=O)O. The number of primary amides is 2. The topological polar surface area (TPSA) is 272 Å². The predicted molar refractivity (Wildman–Crippen MR) is 253 cm³/mol. The van der Waals surface area contributed by atoms with Gasteiger partial charge in [0.05, 0.1) is 19.1 Å². The van der Waals surface area contributed by atoms with Gasteiger partial charge in [-0.2, -0.15) is 0 Å². The Kier molecular flexibility index (Phi) is 21.8. The molecule has 0 unspecified atom stereocenters. The summed E-state index contributed by atoms with van der Waals surface area (Å²) in [7, 11) is 0. The van der Waals surface area contributed by atoms with Gasteiger partial charge in [-0.05, 0) is 78.8 Å². The molecule has 4 aromatic rings. The van der Waals surface area contributed by atoms with Gasteiger partial charge in [-0.1, -0.05) is 103 Å². The van der Waals surface area contributed by atoms with Gasteiger partial charge in [-0.25, -0.2) is 9.18 Å². The van der Waals surface area contributed by atoms with Gasteiger partial charge in [0.2, 0.25) is 41.4 Å². The Labute approximate surface area is 393 Å². The third-order valence-corrected chi connectivity index (χ3v) is 10.5. The van der Waals surface area contributed by atoms with E-state index in [4.69, 9.17) is 11.5 Å². The molecular weight excluding hydrogens is 876 g/mol. The van der Waals surface area contributed by atoms with E-state index in [1.807, 2.05) is 66.7 Å². The fourth-order valence-corrected chi connectivity index (χ4v) is 6.98. The van der Waals surface area contributed by atoms with Crippen molar-refractivity contribution in [3.63, 3.8) is 0 Å². The maximum absolute atomic E-state index is 13.2. The lowest BCUT2D eigenvalue weighted by molar-refractivity contribution is -0.141. The molecule has 2 heterocycles. The number of carbonyl (C=O) groups is 8. The molecule has 2 aliphatic rings. The van der Waals surface area contributed by atoms with Crippen molar-refractivity contribution >= 4 is 59.5 Å². The Bertz CT molecular complexity index is 2360. The van der Waals surface area contributed by atoms with Crippen molar-refractivity contribution in [1.29, 1.82) is 0 Å². The molecule has 2 saturated heterocycles. The third kappa shape index (κ3) is 19.2. The predicted octanol–water partition coefficient (Wildman–Crippen LogP) is 2.01. The van der Waals surface area contributed by atoms with E-state index in [0.29, 0.717) is 24.9 Å². The average Bonchev–Trinajstić information content (AvgIpc) is 4.08. The molecule has 0 saturated carbocycles. The summed E-state index contributed by atoms with van der Waals surface area (Å²) >= 11 is 0. The Morgan fingerprint density at radius 1 is 0.647 bits per heavy atom. The first-order valence-electron chi connectivity index (χ1n) is 21.9. The molecular formula is C50H57FN8O9. The molecule has 0 aromatic heterocycles.